The molecule has 0 aliphatic rings. The van der Waals surface area contributed by atoms with Gasteiger partial charge in [0.2, 0.25) is 0 Å². The Bertz CT molecular complexity index is 744. The average molecular weight is 333 g/mol. The number of carbonyl (C=O) groups excluding carboxylic acids is 1. The molecule has 120 valence electrons. The standard InChI is InChI=1S/C17H17ClN2O3/c1-11(13-9-8-12(22-2)10-16(13)23-3)19-20-17(21)14-6-4-5-7-15(14)18/h4-10H,1-3H3,(H,20,21)/b19-11+. The average Bonchev–Trinajstić information content (AvgIpc) is 2.59. The number of ether oxygens (including phenoxy) is 2. The SMILES string of the molecule is COc1ccc(/C(C)=N/NC(=O)c2ccccc2Cl)c(OC)c1. The second-order valence-corrected chi connectivity index (χ2v) is 5.09. The van der Waals surface area contributed by atoms with Gasteiger partial charge in [-0.1, -0.05) is 23.7 Å². The zero-order valence-electron chi connectivity index (χ0n) is 13.1. The fourth-order valence-corrected chi connectivity index (χ4v) is 2.22. The van der Waals surface area contributed by atoms with Gasteiger partial charge in [0.1, 0.15) is 11.5 Å². The van der Waals surface area contributed by atoms with Crippen molar-refractivity contribution >= 4 is 23.2 Å². The minimum absolute atomic E-state index is 0.368. The minimum atomic E-state index is -0.373. The summed E-state index contributed by atoms with van der Waals surface area (Å²) >= 11 is 5.99. The molecule has 0 atom stereocenters. The van der Waals surface area contributed by atoms with Gasteiger partial charge in [-0.05, 0) is 31.2 Å². The molecule has 1 amide bonds. The van der Waals surface area contributed by atoms with Gasteiger partial charge in [0.25, 0.3) is 5.91 Å². The van der Waals surface area contributed by atoms with E-state index in [9.17, 15) is 4.79 Å². The summed E-state index contributed by atoms with van der Waals surface area (Å²) in [6.07, 6.45) is 0. The number of methoxy groups -OCH3 is 2. The van der Waals surface area contributed by atoms with Crippen molar-refractivity contribution < 1.29 is 14.3 Å². The predicted molar refractivity (Wildman–Crippen MR) is 90.7 cm³/mol. The van der Waals surface area contributed by atoms with Gasteiger partial charge in [0, 0.05) is 11.6 Å². The smallest absolute Gasteiger partial charge is 0.272 e. The van der Waals surface area contributed by atoms with Gasteiger partial charge in [0.15, 0.2) is 0 Å². The fraction of sp³-hybridized carbons (Fsp3) is 0.176. The second kappa shape index (κ2) is 7.65. The van der Waals surface area contributed by atoms with Crippen molar-refractivity contribution in [3.05, 3.63) is 58.6 Å². The summed E-state index contributed by atoms with van der Waals surface area (Å²) in [5.74, 6) is 0.915. The molecule has 0 radical (unpaired) electrons. The first-order valence-electron chi connectivity index (χ1n) is 6.88. The van der Waals surface area contributed by atoms with Crippen LogP contribution in [-0.2, 0) is 0 Å². The predicted octanol–water partition coefficient (Wildman–Crippen LogP) is 3.51. The molecular weight excluding hydrogens is 316 g/mol. The van der Waals surface area contributed by atoms with Gasteiger partial charge in [0.05, 0.1) is 30.5 Å². The lowest BCUT2D eigenvalue weighted by Gasteiger charge is -2.10. The molecule has 6 heteroatoms. The molecule has 0 heterocycles. The summed E-state index contributed by atoms with van der Waals surface area (Å²) in [5, 5.41) is 4.49. The van der Waals surface area contributed by atoms with E-state index >= 15 is 0 Å². The molecule has 0 fully saturated rings. The van der Waals surface area contributed by atoms with Gasteiger partial charge in [-0.3, -0.25) is 4.79 Å². The molecule has 0 saturated carbocycles. The number of nitrogens with one attached hydrogen (secondary N) is 1. The number of hydrazone groups is 1. The Morgan fingerprint density at radius 3 is 2.48 bits per heavy atom. The van der Waals surface area contributed by atoms with Crippen molar-refractivity contribution in [2.75, 3.05) is 14.2 Å². The van der Waals surface area contributed by atoms with Gasteiger partial charge in [-0.25, -0.2) is 5.43 Å². The third-order valence-electron chi connectivity index (χ3n) is 3.24. The van der Waals surface area contributed by atoms with E-state index in [1.807, 2.05) is 6.07 Å². The van der Waals surface area contributed by atoms with Crippen LogP contribution in [0.3, 0.4) is 0 Å². The monoisotopic (exact) mass is 332 g/mol. The summed E-state index contributed by atoms with van der Waals surface area (Å²) in [7, 11) is 3.15. The highest BCUT2D eigenvalue weighted by Gasteiger charge is 2.11. The normalized spacial score (nSPS) is 11.0. The summed E-state index contributed by atoms with van der Waals surface area (Å²) in [6.45, 7) is 1.78. The number of hydrogen-bond donors (Lipinski definition) is 1. The van der Waals surface area contributed by atoms with E-state index < -0.39 is 0 Å². The summed E-state index contributed by atoms with van der Waals surface area (Å²) in [4.78, 5) is 12.1. The van der Waals surface area contributed by atoms with Crippen LogP contribution in [0.1, 0.15) is 22.8 Å². The van der Waals surface area contributed by atoms with E-state index in [-0.39, 0.29) is 5.91 Å². The Hall–Kier alpha value is -2.53. The Balaban J connectivity index is 2.20. The molecule has 0 aliphatic carbocycles. The lowest BCUT2D eigenvalue weighted by molar-refractivity contribution is 0.0955. The van der Waals surface area contributed by atoms with Gasteiger partial charge >= 0.3 is 0 Å². The van der Waals surface area contributed by atoms with Crippen molar-refractivity contribution in [3.8, 4) is 11.5 Å². The highest BCUT2D eigenvalue weighted by Crippen LogP contribution is 2.25. The maximum Gasteiger partial charge on any atom is 0.272 e. The largest absolute Gasteiger partial charge is 0.497 e. The molecule has 0 spiro atoms. The van der Waals surface area contributed by atoms with Gasteiger partial charge < -0.3 is 9.47 Å². The number of halogens is 1. The molecule has 5 nitrogen and oxygen atoms in total. The van der Waals surface area contributed by atoms with Crippen molar-refractivity contribution in [2.24, 2.45) is 5.10 Å². The highest BCUT2D eigenvalue weighted by molar-refractivity contribution is 6.33. The molecule has 0 aromatic heterocycles. The molecule has 0 bridgehead atoms. The lowest BCUT2D eigenvalue weighted by atomic mass is 10.1. The van der Waals surface area contributed by atoms with E-state index in [2.05, 4.69) is 10.5 Å². The highest BCUT2D eigenvalue weighted by atomic mass is 35.5. The van der Waals surface area contributed by atoms with Gasteiger partial charge in [-0.15, -0.1) is 0 Å². The van der Waals surface area contributed by atoms with Crippen LogP contribution < -0.4 is 14.9 Å². The van der Waals surface area contributed by atoms with Crippen molar-refractivity contribution in [2.45, 2.75) is 6.92 Å². The lowest BCUT2D eigenvalue weighted by Crippen LogP contribution is -2.19. The van der Waals surface area contributed by atoms with Gasteiger partial charge in [-0.2, -0.15) is 5.10 Å². The second-order valence-electron chi connectivity index (χ2n) is 4.68. The quantitative estimate of drug-likeness (QED) is 0.673. The van der Waals surface area contributed by atoms with Crippen molar-refractivity contribution in [3.63, 3.8) is 0 Å². The van der Waals surface area contributed by atoms with E-state index in [0.29, 0.717) is 27.8 Å². The third-order valence-corrected chi connectivity index (χ3v) is 3.57. The van der Waals surface area contributed by atoms with Crippen LogP contribution in [0.15, 0.2) is 47.6 Å². The molecule has 2 aromatic carbocycles. The number of nitrogens with zero attached hydrogens (tertiary/aromatic N) is 1. The molecule has 1 N–H and O–H groups in total. The number of benzene rings is 2. The fourth-order valence-electron chi connectivity index (χ4n) is 2.00. The number of hydrogen-bond acceptors (Lipinski definition) is 4. The first kappa shape index (κ1) is 16.8. The van der Waals surface area contributed by atoms with Crippen molar-refractivity contribution in [1.29, 1.82) is 0 Å². The Morgan fingerprint density at radius 1 is 1.09 bits per heavy atom. The molecule has 0 saturated heterocycles. The van der Waals surface area contributed by atoms with Crippen LogP contribution >= 0.6 is 11.6 Å². The minimum Gasteiger partial charge on any atom is -0.497 e. The van der Waals surface area contributed by atoms with E-state index in [4.69, 9.17) is 21.1 Å². The van der Waals surface area contributed by atoms with Crippen LogP contribution in [0, 0.1) is 0 Å². The van der Waals surface area contributed by atoms with Crippen molar-refractivity contribution in [1.82, 2.24) is 5.43 Å². The summed E-state index contributed by atoms with van der Waals surface area (Å²) in [6, 6.07) is 12.2. The van der Waals surface area contributed by atoms with E-state index in [1.54, 1.807) is 57.5 Å². The number of rotatable bonds is 5. The molecular formula is C17H17ClN2O3. The summed E-state index contributed by atoms with van der Waals surface area (Å²) in [5.41, 5.74) is 4.22. The maximum absolute atomic E-state index is 12.1. The van der Waals surface area contributed by atoms with E-state index in [1.165, 1.54) is 0 Å². The van der Waals surface area contributed by atoms with Crippen LogP contribution in [0.5, 0.6) is 11.5 Å². The van der Waals surface area contributed by atoms with Crippen LogP contribution in [0.25, 0.3) is 0 Å². The Kier molecular flexibility index (Phi) is 5.60. The maximum atomic E-state index is 12.1. The van der Waals surface area contributed by atoms with E-state index in [0.717, 1.165) is 5.56 Å². The molecule has 2 aromatic rings. The first-order chi connectivity index (χ1) is 11.1. The summed E-state index contributed by atoms with van der Waals surface area (Å²) < 4.78 is 10.5. The van der Waals surface area contributed by atoms with Crippen LogP contribution in [0.2, 0.25) is 5.02 Å². The zero-order valence-corrected chi connectivity index (χ0v) is 13.8. The third kappa shape index (κ3) is 4.02. The zero-order chi connectivity index (χ0) is 16.8. The molecule has 23 heavy (non-hydrogen) atoms. The number of carbonyl (C=O) groups is 1. The number of amides is 1. The first-order valence-corrected chi connectivity index (χ1v) is 7.26. The Labute approximate surface area is 139 Å². The Morgan fingerprint density at radius 2 is 1.83 bits per heavy atom. The molecule has 2 rings (SSSR count). The molecule has 0 aliphatic heterocycles. The van der Waals surface area contributed by atoms with Crippen LogP contribution in [0.4, 0.5) is 0 Å². The van der Waals surface area contributed by atoms with Crippen LogP contribution in [-0.4, -0.2) is 25.8 Å². The molecule has 0 unspecified atom stereocenters. The topological polar surface area (TPSA) is 59.9 Å².